The summed E-state index contributed by atoms with van der Waals surface area (Å²) in [4.78, 5) is 23.3. The highest BCUT2D eigenvalue weighted by atomic mass is 16.2. The Morgan fingerprint density at radius 2 is 2.22 bits per heavy atom. The maximum absolute atomic E-state index is 11.9. The zero-order valence-corrected chi connectivity index (χ0v) is 10.7. The standard InChI is InChI=1S/C12H18N4O2/c1-3-16-10(6-8(2)15-16)12(18)13-7-11(17)14-9-4-5-9/h6,9H,3-5,7H2,1-2H3,(H,13,18)(H,14,17). The van der Waals surface area contributed by atoms with Crippen molar-refractivity contribution in [2.45, 2.75) is 39.3 Å². The lowest BCUT2D eigenvalue weighted by molar-refractivity contribution is -0.120. The Balaban J connectivity index is 1.88. The van der Waals surface area contributed by atoms with Gasteiger partial charge in [-0.25, -0.2) is 0 Å². The minimum atomic E-state index is -0.261. The summed E-state index contributed by atoms with van der Waals surface area (Å²) >= 11 is 0. The number of carbonyl (C=O) groups is 2. The number of aromatic nitrogens is 2. The van der Waals surface area contributed by atoms with Gasteiger partial charge in [0.15, 0.2) is 0 Å². The first-order chi connectivity index (χ1) is 8.60. The molecule has 1 aromatic rings. The first-order valence-corrected chi connectivity index (χ1v) is 6.22. The van der Waals surface area contributed by atoms with Crippen LogP contribution in [0, 0.1) is 6.92 Å². The average Bonchev–Trinajstić information content (AvgIpc) is 3.06. The van der Waals surface area contributed by atoms with Gasteiger partial charge in [0.25, 0.3) is 5.91 Å². The molecule has 2 rings (SSSR count). The van der Waals surface area contributed by atoms with Crippen molar-refractivity contribution < 1.29 is 9.59 Å². The molecule has 0 unspecified atom stereocenters. The summed E-state index contributed by atoms with van der Waals surface area (Å²) in [6.45, 7) is 4.40. The predicted octanol–water partition coefficient (Wildman–Crippen LogP) is 0.220. The van der Waals surface area contributed by atoms with E-state index >= 15 is 0 Å². The Morgan fingerprint density at radius 1 is 1.50 bits per heavy atom. The fourth-order valence-electron chi connectivity index (χ4n) is 1.73. The molecule has 0 saturated heterocycles. The van der Waals surface area contributed by atoms with Crippen LogP contribution in [0.4, 0.5) is 0 Å². The zero-order valence-electron chi connectivity index (χ0n) is 10.7. The second-order valence-electron chi connectivity index (χ2n) is 4.51. The van der Waals surface area contributed by atoms with Crippen LogP contribution in [0.25, 0.3) is 0 Å². The van der Waals surface area contributed by atoms with Crippen LogP contribution in [0.5, 0.6) is 0 Å². The second-order valence-corrected chi connectivity index (χ2v) is 4.51. The number of nitrogens with one attached hydrogen (secondary N) is 2. The third kappa shape index (κ3) is 3.09. The lowest BCUT2D eigenvalue weighted by atomic mass is 10.3. The van der Waals surface area contributed by atoms with Crippen LogP contribution in [0.2, 0.25) is 0 Å². The van der Waals surface area contributed by atoms with E-state index in [1.54, 1.807) is 10.7 Å². The van der Waals surface area contributed by atoms with Gasteiger partial charge in [0, 0.05) is 12.6 Å². The fourth-order valence-corrected chi connectivity index (χ4v) is 1.73. The minimum Gasteiger partial charge on any atom is -0.352 e. The molecule has 2 amide bonds. The van der Waals surface area contributed by atoms with Crippen LogP contribution in [-0.2, 0) is 11.3 Å². The number of carbonyl (C=O) groups excluding carboxylic acids is 2. The zero-order chi connectivity index (χ0) is 13.1. The maximum Gasteiger partial charge on any atom is 0.269 e. The normalized spacial score (nSPS) is 14.3. The Kier molecular flexibility index (Phi) is 3.64. The van der Waals surface area contributed by atoms with Crippen molar-refractivity contribution in [3.63, 3.8) is 0 Å². The molecule has 18 heavy (non-hydrogen) atoms. The summed E-state index contributed by atoms with van der Waals surface area (Å²) in [6, 6.07) is 2.04. The maximum atomic E-state index is 11.9. The van der Waals surface area contributed by atoms with E-state index in [0.29, 0.717) is 18.3 Å². The Labute approximate surface area is 106 Å². The van der Waals surface area contributed by atoms with Gasteiger partial charge in [-0.1, -0.05) is 0 Å². The molecule has 1 aromatic heterocycles. The molecule has 6 nitrogen and oxygen atoms in total. The number of aryl methyl sites for hydroxylation is 2. The van der Waals surface area contributed by atoms with Crippen LogP contribution in [0.1, 0.15) is 35.9 Å². The van der Waals surface area contributed by atoms with Crippen LogP contribution >= 0.6 is 0 Å². The summed E-state index contributed by atoms with van der Waals surface area (Å²) in [5.74, 6) is -0.395. The smallest absolute Gasteiger partial charge is 0.269 e. The highest BCUT2D eigenvalue weighted by molar-refractivity contribution is 5.95. The van der Waals surface area contributed by atoms with Crippen LogP contribution in [-0.4, -0.2) is 34.2 Å². The van der Waals surface area contributed by atoms with Gasteiger partial charge >= 0.3 is 0 Å². The largest absolute Gasteiger partial charge is 0.352 e. The summed E-state index contributed by atoms with van der Waals surface area (Å²) in [6.07, 6.45) is 2.09. The molecule has 98 valence electrons. The van der Waals surface area contributed by atoms with Gasteiger partial charge < -0.3 is 10.6 Å². The minimum absolute atomic E-state index is 0.0171. The molecular weight excluding hydrogens is 232 g/mol. The van der Waals surface area contributed by atoms with E-state index in [4.69, 9.17) is 0 Å². The molecule has 1 aliphatic rings. The molecule has 0 spiro atoms. The van der Waals surface area contributed by atoms with E-state index < -0.39 is 0 Å². The van der Waals surface area contributed by atoms with Gasteiger partial charge in [-0.15, -0.1) is 0 Å². The highest BCUT2D eigenvalue weighted by Crippen LogP contribution is 2.18. The predicted molar refractivity (Wildman–Crippen MR) is 66.1 cm³/mol. The molecule has 6 heteroatoms. The van der Waals surface area contributed by atoms with Gasteiger partial charge in [-0.3, -0.25) is 14.3 Å². The average molecular weight is 250 g/mol. The molecule has 2 N–H and O–H groups in total. The van der Waals surface area contributed by atoms with Gasteiger partial charge in [-0.05, 0) is 32.8 Å². The number of rotatable bonds is 5. The second kappa shape index (κ2) is 5.20. The van der Waals surface area contributed by atoms with Gasteiger partial charge in [0.2, 0.25) is 5.91 Å². The lowest BCUT2D eigenvalue weighted by Crippen LogP contribution is -2.38. The van der Waals surface area contributed by atoms with Gasteiger partial charge in [0.05, 0.1) is 12.2 Å². The van der Waals surface area contributed by atoms with Crippen molar-refractivity contribution in [1.82, 2.24) is 20.4 Å². The summed E-state index contributed by atoms with van der Waals surface area (Å²) in [7, 11) is 0. The van der Waals surface area contributed by atoms with Crippen LogP contribution in [0.3, 0.4) is 0 Å². The monoisotopic (exact) mass is 250 g/mol. The van der Waals surface area contributed by atoms with Crippen molar-refractivity contribution in [2.75, 3.05) is 6.54 Å². The molecule has 0 bridgehead atoms. The van der Waals surface area contributed by atoms with E-state index in [1.165, 1.54) is 0 Å². The van der Waals surface area contributed by atoms with Gasteiger partial charge in [-0.2, -0.15) is 5.10 Å². The number of hydrogen-bond acceptors (Lipinski definition) is 3. The molecule has 0 aromatic carbocycles. The van der Waals surface area contributed by atoms with Crippen molar-refractivity contribution in [3.8, 4) is 0 Å². The summed E-state index contributed by atoms with van der Waals surface area (Å²) in [5, 5.41) is 9.62. The van der Waals surface area contributed by atoms with E-state index in [0.717, 1.165) is 18.5 Å². The highest BCUT2D eigenvalue weighted by Gasteiger charge is 2.23. The van der Waals surface area contributed by atoms with E-state index in [2.05, 4.69) is 15.7 Å². The van der Waals surface area contributed by atoms with Crippen molar-refractivity contribution >= 4 is 11.8 Å². The van der Waals surface area contributed by atoms with Crippen LogP contribution < -0.4 is 10.6 Å². The summed E-state index contributed by atoms with van der Waals surface area (Å²) in [5.41, 5.74) is 1.29. The Hall–Kier alpha value is -1.85. The van der Waals surface area contributed by atoms with Crippen LogP contribution in [0.15, 0.2) is 6.07 Å². The quantitative estimate of drug-likeness (QED) is 0.785. The topological polar surface area (TPSA) is 76.0 Å². The number of nitrogens with zero attached hydrogens (tertiary/aromatic N) is 2. The lowest BCUT2D eigenvalue weighted by Gasteiger charge is -2.06. The first kappa shape index (κ1) is 12.6. The molecule has 1 heterocycles. The van der Waals surface area contributed by atoms with E-state index in [-0.39, 0.29) is 18.4 Å². The molecule has 0 aliphatic heterocycles. The number of hydrogen-bond donors (Lipinski definition) is 2. The molecule has 1 fully saturated rings. The molecular formula is C12H18N4O2. The van der Waals surface area contributed by atoms with E-state index in [9.17, 15) is 9.59 Å². The van der Waals surface area contributed by atoms with Crippen molar-refractivity contribution in [2.24, 2.45) is 0 Å². The Bertz CT molecular complexity index is 463. The third-order valence-electron chi connectivity index (χ3n) is 2.79. The van der Waals surface area contributed by atoms with Crippen molar-refractivity contribution in [1.29, 1.82) is 0 Å². The molecule has 1 saturated carbocycles. The SMILES string of the molecule is CCn1nc(C)cc1C(=O)NCC(=O)NC1CC1. The number of amides is 2. The first-order valence-electron chi connectivity index (χ1n) is 6.22. The molecule has 0 atom stereocenters. The Morgan fingerprint density at radius 3 is 2.83 bits per heavy atom. The summed E-state index contributed by atoms with van der Waals surface area (Å²) < 4.78 is 1.63. The van der Waals surface area contributed by atoms with Gasteiger partial charge in [0.1, 0.15) is 5.69 Å². The molecule has 0 radical (unpaired) electrons. The fraction of sp³-hybridized carbons (Fsp3) is 0.583. The van der Waals surface area contributed by atoms with E-state index in [1.807, 2.05) is 13.8 Å². The third-order valence-corrected chi connectivity index (χ3v) is 2.79. The van der Waals surface area contributed by atoms with Crippen molar-refractivity contribution in [3.05, 3.63) is 17.5 Å². The molecule has 1 aliphatic carbocycles.